The van der Waals surface area contributed by atoms with Gasteiger partial charge in [-0.15, -0.1) is 0 Å². The summed E-state index contributed by atoms with van der Waals surface area (Å²) in [5.41, 5.74) is 5.90. The molecule has 72 valence electrons. The average molecular weight is 184 g/mol. The second kappa shape index (κ2) is 4.67. The van der Waals surface area contributed by atoms with E-state index >= 15 is 0 Å². The minimum Gasteiger partial charge on any atom is -0.491 e. The number of nitrogens with one attached hydrogen (secondary N) is 1. The number of nitrogens with two attached hydrogens (primary N) is 1. The van der Waals surface area contributed by atoms with Gasteiger partial charge < -0.3 is 15.8 Å². The van der Waals surface area contributed by atoms with E-state index in [-0.39, 0.29) is 18.2 Å². The predicted octanol–water partition coefficient (Wildman–Crippen LogP) is 1.55. The molecule has 0 saturated carbocycles. The number of halogens is 1. The van der Waals surface area contributed by atoms with E-state index in [0.29, 0.717) is 12.3 Å². The van der Waals surface area contributed by atoms with Crippen molar-refractivity contribution in [1.29, 1.82) is 0 Å². The first-order chi connectivity index (χ1) is 6.27. The molecule has 0 fully saturated rings. The van der Waals surface area contributed by atoms with Crippen LogP contribution in [0.4, 0.5) is 10.1 Å². The lowest BCUT2D eigenvalue weighted by Gasteiger charge is -2.07. The zero-order valence-corrected chi connectivity index (χ0v) is 7.51. The second-order valence-electron chi connectivity index (χ2n) is 2.46. The lowest BCUT2D eigenvalue weighted by molar-refractivity contribution is 0.321. The van der Waals surface area contributed by atoms with Crippen molar-refractivity contribution >= 4 is 5.69 Å². The van der Waals surface area contributed by atoms with Crippen molar-refractivity contribution in [2.75, 3.05) is 18.6 Å². The van der Waals surface area contributed by atoms with Gasteiger partial charge in [0.05, 0.1) is 13.3 Å². The third-order valence-electron chi connectivity index (χ3n) is 1.54. The van der Waals surface area contributed by atoms with Crippen LogP contribution in [0.5, 0.6) is 5.75 Å². The zero-order valence-electron chi connectivity index (χ0n) is 7.51. The Kier molecular flexibility index (Phi) is 3.52. The molecule has 0 saturated heterocycles. The van der Waals surface area contributed by atoms with Gasteiger partial charge in [0.2, 0.25) is 0 Å². The lowest BCUT2D eigenvalue weighted by atomic mass is 10.3. The number of ether oxygens (including phenoxy) is 1. The number of anilines is 1. The Balaban J connectivity index is 2.79. The van der Waals surface area contributed by atoms with Gasteiger partial charge in [-0.25, -0.2) is 4.39 Å². The largest absolute Gasteiger partial charge is 0.491 e. The molecular weight excluding hydrogens is 171 g/mol. The fourth-order valence-corrected chi connectivity index (χ4v) is 1.00. The topological polar surface area (TPSA) is 47.3 Å². The first kappa shape index (κ1) is 9.80. The molecule has 4 heteroatoms. The number of rotatable bonds is 4. The van der Waals surface area contributed by atoms with Crippen LogP contribution in [-0.4, -0.2) is 13.3 Å². The fraction of sp³-hybridized carbons (Fsp3) is 0.333. The Labute approximate surface area is 76.7 Å². The summed E-state index contributed by atoms with van der Waals surface area (Å²) >= 11 is 0. The van der Waals surface area contributed by atoms with E-state index in [1.54, 1.807) is 12.1 Å². The van der Waals surface area contributed by atoms with Crippen LogP contribution in [0.1, 0.15) is 6.92 Å². The zero-order chi connectivity index (χ0) is 9.68. The van der Waals surface area contributed by atoms with E-state index in [1.165, 1.54) is 6.07 Å². The average Bonchev–Trinajstić information content (AvgIpc) is 2.10. The van der Waals surface area contributed by atoms with Crippen molar-refractivity contribution in [3.05, 3.63) is 24.0 Å². The van der Waals surface area contributed by atoms with Crippen LogP contribution >= 0.6 is 0 Å². The van der Waals surface area contributed by atoms with Crippen LogP contribution in [0.25, 0.3) is 0 Å². The van der Waals surface area contributed by atoms with Gasteiger partial charge in [0.15, 0.2) is 11.6 Å². The monoisotopic (exact) mass is 184 g/mol. The van der Waals surface area contributed by atoms with Gasteiger partial charge in [-0.3, -0.25) is 0 Å². The van der Waals surface area contributed by atoms with Gasteiger partial charge in [0, 0.05) is 11.8 Å². The quantitative estimate of drug-likeness (QED) is 0.698. The first-order valence-corrected chi connectivity index (χ1v) is 4.14. The molecule has 0 aliphatic rings. The predicted molar refractivity (Wildman–Crippen MR) is 50.2 cm³/mol. The molecule has 3 N–H and O–H groups in total. The number of hydrogen-bond acceptors (Lipinski definition) is 3. The molecule has 0 radical (unpaired) electrons. The van der Waals surface area contributed by atoms with E-state index < -0.39 is 0 Å². The van der Waals surface area contributed by atoms with E-state index in [4.69, 9.17) is 10.5 Å². The third-order valence-corrected chi connectivity index (χ3v) is 1.54. The molecule has 0 spiro atoms. The lowest BCUT2D eigenvalue weighted by Crippen LogP contribution is -2.10. The van der Waals surface area contributed by atoms with Crippen molar-refractivity contribution < 1.29 is 9.13 Å². The molecule has 0 amide bonds. The van der Waals surface area contributed by atoms with Gasteiger partial charge in [-0.05, 0) is 19.1 Å². The molecule has 3 nitrogen and oxygen atoms in total. The molecule has 13 heavy (non-hydrogen) atoms. The maximum Gasteiger partial charge on any atom is 0.167 e. The Bertz CT molecular complexity index is 278. The van der Waals surface area contributed by atoms with Crippen molar-refractivity contribution in [3.63, 3.8) is 0 Å². The molecule has 0 aliphatic heterocycles. The Hall–Kier alpha value is -1.29. The molecule has 0 aliphatic carbocycles. The van der Waals surface area contributed by atoms with Gasteiger partial charge in [0.25, 0.3) is 0 Å². The van der Waals surface area contributed by atoms with E-state index in [2.05, 4.69) is 5.32 Å². The van der Waals surface area contributed by atoms with Gasteiger partial charge >= 0.3 is 0 Å². The summed E-state index contributed by atoms with van der Waals surface area (Å²) in [5.74, 6) is -0.106. The summed E-state index contributed by atoms with van der Waals surface area (Å²) in [6.45, 7) is 2.56. The van der Waals surface area contributed by atoms with Gasteiger partial charge in [-0.2, -0.15) is 0 Å². The highest BCUT2D eigenvalue weighted by Crippen LogP contribution is 2.20. The van der Waals surface area contributed by atoms with E-state index in [9.17, 15) is 4.39 Å². The Morgan fingerprint density at radius 2 is 2.31 bits per heavy atom. The number of hydrogen-bond donors (Lipinski definition) is 2. The fourth-order valence-electron chi connectivity index (χ4n) is 1.00. The first-order valence-electron chi connectivity index (χ1n) is 4.14. The second-order valence-corrected chi connectivity index (χ2v) is 2.46. The van der Waals surface area contributed by atoms with Crippen LogP contribution in [0.3, 0.4) is 0 Å². The molecule has 1 rings (SSSR count). The van der Waals surface area contributed by atoms with Gasteiger partial charge in [0.1, 0.15) is 0 Å². The summed E-state index contributed by atoms with van der Waals surface area (Å²) in [5, 5.41) is 2.80. The molecule has 0 aromatic heterocycles. The van der Waals surface area contributed by atoms with Crippen LogP contribution in [0.2, 0.25) is 0 Å². The summed E-state index contributed by atoms with van der Waals surface area (Å²) in [4.78, 5) is 0. The van der Waals surface area contributed by atoms with Crippen LogP contribution < -0.4 is 15.8 Å². The maximum atomic E-state index is 13.2. The van der Waals surface area contributed by atoms with Crippen LogP contribution in [0.15, 0.2) is 18.2 Å². The highest BCUT2D eigenvalue weighted by molar-refractivity contribution is 5.47. The standard InChI is InChI=1S/C9H13FN2O/c1-2-13-9-4-3-7(12-6-11)5-8(9)10/h3-5,12H,2,6,11H2,1H3. The maximum absolute atomic E-state index is 13.2. The Morgan fingerprint density at radius 3 is 2.85 bits per heavy atom. The van der Waals surface area contributed by atoms with Crippen LogP contribution in [-0.2, 0) is 0 Å². The van der Waals surface area contributed by atoms with Crippen molar-refractivity contribution in [1.82, 2.24) is 0 Å². The molecule has 0 bridgehead atoms. The smallest absolute Gasteiger partial charge is 0.167 e. The highest BCUT2D eigenvalue weighted by atomic mass is 19.1. The Morgan fingerprint density at radius 1 is 1.54 bits per heavy atom. The van der Waals surface area contributed by atoms with Crippen molar-refractivity contribution in [2.24, 2.45) is 5.73 Å². The minimum absolute atomic E-state index is 0.269. The number of benzene rings is 1. The molecular formula is C9H13FN2O. The molecule has 1 aromatic carbocycles. The van der Waals surface area contributed by atoms with Gasteiger partial charge in [-0.1, -0.05) is 0 Å². The molecule has 0 atom stereocenters. The summed E-state index contributed by atoms with van der Waals surface area (Å²) in [6, 6.07) is 4.66. The summed E-state index contributed by atoms with van der Waals surface area (Å²) in [7, 11) is 0. The van der Waals surface area contributed by atoms with E-state index in [0.717, 1.165) is 0 Å². The normalized spacial score (nSPS) is 9.77. The highest BCUT2D eigenvalue weighted by Gasteiger charge is 2.02. The molecule has 0 unspecified atom stereocenters. The molecule has 0 heterocycles. The SMILES string of the molecule is CCOc1ccc(NCN)cc1F. The molecule has 1 aromatic rings. The summed E-state index contributed by atoms with van der Waals surface area (Å²) in [6.07, 6.45) is 0. The summed E-state index contributed by atoms with van der Waals surface area (Å²) < 4.78 is 18.2. The van der Waals surface area contributed by atoms with Crippen LogP contribution in [0, 0.1) is 5.82 Å². The van der Waals surface area contributed by atoms with Crippen molar-refractivity contribution in [2.45, 2.75) is 6.92 Å². The van der Waals surface area contributed by atoms with E-state index in [1.807, 2.05) is 6.92 Å². The minimum atomic E-state index is -0.375. The van der Waals surface area contributed by atoms with Crippen molar-refractivity contribution in [3.8, 4) is 5.75 Å². The third kappa shape index (κ3) is 2.59.